The van der Waals surface area contributed by atoms with Crippen molar-refractivity contribution in [2.75, 3.05) is 6.54 Å². The Morgan fingerprint density at radius 2 is 1.20 bits per heavy atom. The molecule has 3 rings (SSSR count). The molecule has 0 radical (unpaired) electrons. The Kier molecular flexibility index (Phi) is 11.9. The highest BCUT2D eigenvalue weighted by molar-refractivity contribution is 6.10. The quantitative estimate of drug-likeness (QED) is 0.173. The predicted molar refractivity (Wildman–Crippen MR) is 157 cm³/mol. The number of carbonyl (C=O) groups excluding carboxylic acids is 4. The Balaban J connectivity index is 1.84. The molecule has 0 saturated heterocycles. The lowest BCUT2D eigenvalue weighted by atomic mass is 9.88. The summed E-state index contributed by atoms with van der Waals surface area (Å²) in [4.78, 5) is 51.6. The second-order valence-electron chi connectivity index (χ2n) is 10.9. The van der Waals surface area contributed by atoms with Gasteiger partial charge in [0.2, 0.25) is 17.6 Å². The molecule has 0 aliphatic heterocycles. The van der Waals surface area contributed by atoms with Crippen molar-refractivity contribution in [3.8, 4) is 0 Å². The molecule has 3 aromatic carbocycles. The summed E-state index contributed by atoms with van der Waals surface area (Å²) in [5.74, 6) is -12.3. The Bertz CT molecular complexity index is 1400. The zero-order valence-electron chi connectivity index (χ0n) is 24.6. The van der Waals surface area contributed by atoms with E-state index in [4.69, 9.17) is 0 Å². The van der Waals surface area contributed by atoms with Gasteiger partial charge in [-0.05, 0) is 22.6 Å². The van der Waals surface area contributed by atoms with Gasteiger partial charge in [0.05, 0.1) is 6.04 Å². The highest BCUT2D eigenvalue weighted by atomic mass is 19.4. The van der Waals surface area contributed by atoms with Gasteiger partial charge in [0.25, 0.3) is 5.91 Å². The molecule has 3 N–H and O–H groups in total. The summed E-state index contributed by atoms with van der Waals surface area (Å²) in [6.45, 7) is 0.578. The molecule has 0 aromatic heterocycles. The summed E-state index contributed by atoms with van der Waals surface area (Å²) < 4.78 is 66.9. The molecule has 240 valence electrons. The normalized spacial score (nSPS) is 13.2. The van der Waals surface area contributed by atoms with Crippen molar-refractivity contribution in [1.82, 2.24) is 16.0 Å². The zero-order chi connectivity index (χ0) is 33.2. The van der Waals surface area contributed by atoms with Crippen LogP contribution >= 0.6 is 0 Å². The van der Waals surface area contributed by atoms with Crippen LogP contribution in [-0.2, 0) is 25.6 Å². The van der Waals surface area contributed by atoms with Gasteiger partial charge in [0, 0.05) is 18.8 Å². The van der Waals surface area contributed by atoms with E-state index in [2.05, 4.69) is 10.6 Å². The van der Waals surface area contributed by atoms with Gasteiger partial charge in [-0.25, -0.2) is 0 Å². The molecular formula is C33H34F5N3O4. The van der Waals surface area contributed by atoms with Gasteiger partial charge in [-0.1, -0.05) is 105 Å². The van der Waals surface area contributed by atoms with E-state index in [0.717, 1.165) is 16.4 Å². The SMILES string of the molecule is CC(C)[C@H](NC(=O)C(Cc1ccccc1)NC(=O)CC(c1ccccc1)c1ccccc1)C(=O)C(F)(F)C(=O)NCC(F)(F)F. The van der Waals surface area contributed by atoms with Crippen LogP contribution in [0.4, 0.5) is 22.0 Å². The first-order valence-electron chi connectivity index (χ1n) is 14.2. The number of halogens is 5. The largest absolute Gasteiger partial charge is 0.405 e. The summed E-state index contributed by atoms with van der Waals surface area (Å²) in [6.07, 6.45) is -5.12. The summed E-state index contributed by atoms with van der Waals surface area (Å²) in [5.41, 5.74) is 2.31. The van der Waals surface area contributed by atoms with E-state index in [9.17, 15) is 41.1 Å². The van der Waals surface area contributed by atoms with E-state index in [-0.39, 0.29) is 18.8 Å². The van der Waals surface area contributed by atoms with Crippen LogP contribution < -0.4 is 16.0 Å². The van der Waals surface area contributed by atoms with Crippen molar-refractivity contribution in [3.63, 3.8) is 0 Å². The monoisotopic (exact) mass is 631 g/mol. The van der Waals surface area contributed by atoms with Crippen molar-refractivity contribution in [2.45, 2.75) is 56.8 Å². The molecule has 0 fully saturated rings. The number of Topliss-reactive ketones (excluding diaryl/α,β-unsaturated/α-hetero) is 1. The van der Waals surface area contributed by atoms with Crippen molar-refractivity contribution in [2.24, 2.45) is 5.92 Å². The summed E-state index contributed by atoms with van der Waals surface area (Å²) in [7, 11) is 0. The maximum absolute atomic E-state index is 14.7. The van der Waals surface area contributed by atoms with Crippen molar-refractivity contribution in [3.05, 3.63) is 108 Å². The average Bonchev–Trinajstić information content (AvgIpc) is 3.01. The molecule has 0 spiro atoms. The molecular weight excluding hydrogens is 597 g/mol. The van der Waals surface area contributed by atoms with E-state index in [1.807, 2.05) is 60.7 Å². The molecule has 0 aliphatic rings. The molecule has 0 heterocycles. The van der Waals surface area contributed by atoms with Crippen LogP contribution in [0, 0.1) is 5.92 Å². The Labute approximate surface area is 257 Å². The molecule has 45 heavy (non-hydrogen) atoms. The lowest BCUT2D eigenvalue weighted by Crippen LogP contribution is -2.59. The third-order valence-electron chi connectivity index (χ3n) is 7.02. The van der Waals surface area contributed by atoms with Crippen LogP contribution in [0.5, 0.6) is 0 Å². The molecule has 1 unspecified atom stereocenters. The number of alkyl halides is 5. The van der Waals surface area contributed by atoms with Crippen LogP contribution in [0.25, 0.3) is 0 Å². The molecule has 0 saturated carbocycles. The highest BCUT2D eigenvalue weighted by Gasteiger charge is 2.52. The van der Waals surface area contributed by atoms with E-state index < -0.39 is 60.1 Å². The average molecular weight is 632 g/mol. The van der Waals surface area contributed by atoms with Crippen LogP contribution in [0.15, 0.2) is 91.0 Å². The maximum Gasteiger partial charge on any atom is 0.405 e. The highest BCUT2D eigenvalue weighted by Crippen LogP contribution is 2.28. The predicted octanol–water partition coefficient (Wildman–Crippen LogP) is 4.96. The first-order chi connectivity index (χ1) is 21.2. The van der Waals surface area contributed by atoms with E-state index >= 15 is 0 Å². The smallest absolute Gasteiger partial charge is 0.344 e. The van der Waals surface area contributed by atoms with Crippen LogP contribution in [0.3, 0.4) is 0 Å². The van der Waals surface area contributed by atoms with Crippen molar-refractivity contribution in [1.29, 1.82) is 0 Å². The van der Waals surface area contributed by atoms with Crippen LogP contribution in [0.1, 0.15) is 42.9 Å². The number of hydrogen-bond acceptors (Lipinski definition) is 4. The van der Waals surface area contributed by atoms with Gasteiger partial charge in [-0.3, -0.25) is 19.2 Å². The fourth-order valence-corrected chi connectivity index (χ4v) is 4.68. The third-order valence-corrected chi connectivity index (χ3v) is 7.02. The summed E-state index contributed by atoms with van der Waals surface area (Å²) in [6, 6.07) is 23.7. The van der Waals surface area contributed by atoms with E-state index in [1.165, 1.54) is 13.8 Å². The minimum Gasteiger partial charge on any atom is -0.344 e. The summed E-state index contributed by atoms with van der Waals surface area (Å²) >= 11 is 0. The lowest BCUT2D eigenvalue weighted by Gasteiger charge is -2.28. The molecule has 0 aliphatic carbocycles. The molecule has 12 heteroatoms. The van der Waals surface area contributed by atoms with E-state index in [0.29, 0.717) is 5.56 Å². The molecule has 3 aromatic rings. The number of benzene rings is 3. The first kappa shape index (κ1) is 34.9. The van der Waals surface area contributed by atoms with Gasteiger partial charge in [0.15, 0.2) is 0 Å². The van der Waals surface area contributed by atoms with Gasteiger partial charge in [0.1, 0.15) is 12.6 Å². The number of nitrogens with one attached hydrogen (secondary N) is 3. The molecule has 2 atom stereocenters. The van der Waals surface area contributed by atoms with Gasteiger partial charge in [-0.15, -0.1) is 0 Å². The second kappa shape index (κ2) is 15.4. The fourth-order valence-electron chi connectivity index (χ4n) is 4.68. The number of ketones is 1. The van der Waals surface area contributed by atoms with E-state index in [1.54, 1.807) is 30.3 Å². The maximum atomic E-state index is 14.7. The number of rotatable bonds is 14. The Hall–Kier alpha value is -4.61. The molecule has 3 amide bonds. The summed E-state index contributed by atoms with van der Waals surface area (Å²) in [5, 5.41) is 5.88. The Morgan fingerprint density at radius 1 is 0.711 bits per heavy atom. The number of hydrogen-bond donors (Lipinski definition) is 3. The van der Waals surface area contributed by atoms with Gasteiger partial charge in [-0.2, -0.15) is 22.0 Å². The zero-order valence-corrected chi connectivity index (χ0v) is 24.6. The van der Waals surface area contributed by atoms with Gasteiger partial charge < -0.3 is 16.0 Å². The minimum absolute atomic E-state index is 0.0682. The lowest BCUT2D eigenvalue weighted by molar-refractivity contribution is -0.165. The van der Waals surface area contributed by atoms with Crippen LogP contribution in [0.2, 0.25) is 0 Å². The number of carbonyl (C=O) groups is 4. The third kappa shape index (κ3) is 10.2. The standard InChI is InChI=1S/C33H34F5N3O4/c1-21(2)28(29(43)33(37,38)31(45)39-20-32(34,35)36)41-30(44)26(18-22-12-6-3-7-13-22)40-27(42)19-25(23-14-8-4-9-15-23)24-16-10-5-11-17-24/h3-17,21,25-26,28H,18-20H2,1-2H3,(H,39,45)(H,40,42)(H,41,44)/t26?,28-/m0/s1. The Morgan fingerprint density at radius 3 is 1.67 bits per heavy atom. The minimum atomic E-state index is -4.98. The van der Waals surface area contributed by atoms with Crippen molar-refractivity contribution >= 4 is 23.5 Å². The molecule has 7 nitrogen and oxygen atoms in total. The first-order valence-corrected chi connectivity index (χ1v) is 14.2. The fraction of sp³-hybridized carbons (Fsp3) is 0.333. The van der Waals surface area contributed by atoms with Crippen LogP contribution in [-0.4, -0.2) is 54.2 Å². The van der Waals surface area contributed by atoms with Gasteiger partial charge >= 0.3 is 12.1 Å². The second-order valence-corrected chi connectivity index (χ2v) is 10.9. The molecule has 0 bridgehead atoms. The number of amides is 3. The van der Waals surface area contributed by atoms with Crippen molar-refractivity contribution < 1.29 is 41.1 Å². The topological polar surface area (TPSA) is 104 Å².